The van der Waals surface area contributed by atoms with E-state index in [2.05, 4.69) is 10.3 Å². The van der Waals surface area contributed by atoms with Gasteiger partial charge in [0.25, 0.3) is 7.52 Å². The first-order chi connectivity index (χ1) is 18.8. The minimum Gasteiger partial charge on any atom is -0.496 e. The first kappa shape index (κ1) is 28.5. The van der Waals surface area contributed by atoms with Gasteiger partial charge < -0.3 is 24.1 Å². The lowest BCUT2D eigenvalue weighted by molar-refractivity contribution is -0.117. The Morgan fingerprint density at radius 1 is 1.15 bits per heavy atom. The number of ketones is 1. The van der Waals surface area contributed by atoms with Crippen molar-refractivity contribution in [3.8, 4) is 17.0 Å². The van der Waals surface area contributed by atoms with Crippen LogP contribution in [0, 0.1) is 0 Å². The average molecular weight is 556 g/mol. The van der Waals surface area contributed by atoms with E-state index >= 15 is 0 Å². The number of benzene rings is 2. The second-order valence-electron chi connectivity index (χ2n) is 9.35. The average Bonchev–Trinajstić information content (AvgIpc) is 3.61. The fraction of sp³-hybridized carbons (Fsp3) is 0.393. The number of carbonyl (C=O) groups is 2. The van der Waals surface area contributed by atoms with Crippen molar-refractivity contribution in [2.45, 2.75) is 38.8 Å². The second-order valence-corrected chi connectivity index (χ2v) is 11.7. The van der Waals surface area contributed by atoms with Gasteiger partial charge in [-0.25, -0.2) is 9.78 Å². The molecule has 3 aromatic rings. The van der Waals surface area contributed by atoms with Crippen LogP contribution >= 0.6 is 7.52 Å². The second kappa shape index (κ2) is 13.1. The molecule has 11 heteroatoms. The van der Waals surface area contributed by atoms with Gasteiger partial charge in [-0.05, 0) is 35.7 Å². The fourth-order valence-electron chi connectivity index (χ4n) is 4.36. The van der Waals surface area contributed by atoms with Crippen molar-refractivity contribution in [3.05, 3.63) is 71.7 Å². The molecule has 1 fully saturated rings. The fourth-order valence-corrected chi connectivity index (χ4v) is 5.53. The maximum Gasteiger partial charge on any atom is 0.407 e. The number of amides is 1. The zero-order chi connectivity index (χ0) is 27.8. The summed E-state index contributed by atoms with van der Waals surface area (Å²) in [4.78, 5) is 29.3. The Hall–Kier alpha value is -3.46. The van der Waals surface area contributed by atoms with Gasteiger partial charge in [-0.15, -0.1) is 0 Å². The minimum atomic E-state index is -3.01. The van der Waals surface area contributed by atoms with Gasteiger partial charge in [0.1, 0.15) is 24.0 Å². The molecule has 2 atom stereocenters. The van der Waals surface area contributed by atoms with Crippen LogP contribution < -0.4 is 10.1 Å². The number of nitrogens with one attached hydrogen (secondary N) is 1. The summed E-state index contributed by atoms with van der Waals surface area (Å²) in [5, 5.41) is 2.75. The van der Waals surface area contributed by atoms with Crippen molar-refractivity contribution in [1.82, 2.24) is 14.6 Å². The summed E-state index contributed by atoms with van der Waals surface area (Å²) >= 11 is 0. The summed E-state index contributed by atoms with van der Waals surface area (Å²) < 4.78 is 35.7. The monoisotopic (exact) mass is 555 g/mol. The standard InChI is InChI=1S/C28H34N3O7P/c1-4-37-39(3,34)31-17-26(30-19-31)25-9-8-21(15-27(25)35-2)14-23(32)13-20-6-5-7-22(12-20)16-29-28(33)38-24-10-11-36-18-24/h5-9,12,15,17,19,24H,4,10-11,13-14,16,18H2,1-3H3,(H,29,33)/t24-,39?/m0/s1. The predicted molar refractivity (Wildman–Crippen MR) is 146 cm³/mol. The summed E-state index contributed by atoms with van der Waals surface area (Å²) in [5.41, 5.74) is 3.88. The number of Topliss-reactive ketones (excluding diaryl/α,β-unsaturated/α-hetero) is 1. The van der Waals surface area contributed by atoms with Crippen LogP contribution in [0.4, 0.5) is 4.79 Å². The van der Waals surface area contributed by atoms with Crippen LogP contribution in [0.25, 0.3) is 11.3 Å². The summed E-state index contributed by atoms with van der Waals surface area (Å²) in [5.74, 6) is 0.612. The van der Waals surface area contributed by atoms with E-state index in [1.807, 2.05) is 42.5 Å². The maximum absolute atomic E-state index is 12.9. The highest BCUT2D eigenvalue weighted by molar-refractivity contribution is 7.56. The van der Waals surface area contributed by atoms with Gasteiger partial charge in [0.2, 0.25) is 0 Å². The topological polar surface area (TPSA) is 118 Å². The van der Waals surface area contributed by atoms with Crippen molar-refractivity contribution in [1.29, 1.82) is 0 Å². The zero-order valence-corrected chi connectivity index (χ0v) is 23.3. The number of hydrogen-bond acceptors (Lipinski definition) is 8. The van der Waals surface area contributed by atoms with Crippen LogP contribution in [0.1, 0.15) is 30.0 Å². The first-order valence-corrected chi connectivity index (χ1v) is 14.9. The molecule has 0 aliphatic carbocycles. The third kappa shape index (κ3) is 7.79. The summed E-state index contributed by atoms with van der Waals surface area (Å²) in [7, 11) is -1.45. The largest absolute Gasteiger partial charge is 0.496 e. The summed E-state index contributed by atoms with van der Waals surface area (Å²) in [6, 6.07) is 13.1. The molecule has 0 saturated carbocycles. The Labute approximate surface area is 228 Å². The van der Waals surface area contributed by atoms with Crippen LogP contribution in [-0.2, 0) is 42.7 Å². The van der Waals surface area contributed by atoms with Crippen molar-refractivity contribution in [2.24, 2.45) is 0 Å². The molecule has 10 nitrogen and oxygen atoms in total. The molecular weight excluding hydrogens is 521 g/mol. The molecule has 1 aromatic heterocycles. The maximum atomic E-state index is 12.9. The highest BCUT2D eigenvalue weighted by atomic mass is 31.2. The number of methoxy groups -OCH3 is 1. The van der Waals surface area contributed by atoms with E-state index in [0.29, 0.717) is 44.2 Å². The van der Waals surface area contributed by atoms with E-state index in [-0.39, 0.29) is 24.7 Å². The highest BCUT2D eigenvalue weighted by Gasteiger charge is 2.21. The van der Waals surface area contributed by atoms with Gasteiger partial charge in [0, 0.05) is 44.2 Å². The third-order valence-corrected chi connectivity index (χ3v) is 8.09. The lowest BCUT2D eigenvalue weighted by Gasteiger charge is -2.13. The quantitative estimate of drug-likeness (QED) is 0.321. The van der Waals surface area contributed by atoms with Crippen molar-refractivity contribution < 1.29 is 32.9 Å². The zero-order valence-electron chi connectivity index (χ0n) is 22.4. The minimum absolute atomic E-state index is 0.0449. The van der Waals surface area contributed by atoms with Gasteiger partial charge in [-0.1, -0.05) is 30.3 Å². The molecule has 2 aromatic carbocycles. The van der Waals surface area contributed by atoms with Crippen LogP contribution in [0.2, 0.25) is 0 Å². The Balaban J connectivity index is 1.35. The van der Waals surface area contributed by atoms with E-state index in [4.69, 9.17) is 18.7 Å². The van der Waals surface area contributed by atoms with Crippen LogP contribution in [-0.4, -0.2) is 60.9 Å². The smallest absolute Gasteiger partial charge is 0.407 e. The van der Waals surface area contributed by atoms with Crippen LogP contribution in [0.5, 0.6) is 5.75 Å². The van der Waals surface area contributed by atoms with Crippen molar-refractivity contribution in [3.63, 3.8) is 0 Å². The number of aromatic nitrogens is 2. The Morgan fingerprint density at radius 2 is 1.92 bits per heavy atom. The van der Waals surface area contributed by atoms with Gasteiger partial charge in [0.05, 0.1) is 32.6 Å². The molecule has 1 amide bonds. The van der Waals surface area contributed by atoms with E-state index in [1.165, 1.54) is 10.7 Å². The highest BCUT2D eigenvalue weighted by Crippen LogP contribution is 2.45. The van der Waals surface area contributed by atoms with E-state index in [1.54, 1.807) is 26.9 Å². The summed E-state index contributed by atoms with van der Waals surface area (Å²) in [6.07, 6.45) is 3.68. The van der Waals surface area contributed by atoms with E-state index in [9.17, 15) is 14.2 Å². The molecule has 1 unspecified atom stereocenters. The molecule has 4 rings (SSSR count). The number of nitrogens with zero attached hydrogens (tertiary/aromatic N) is 2. The van der Waals surface area contributed by atoms with Gasteiger partial charge in [-0.3, -0.25) is 13.7 Å². The molecule has 1 N–H and O–H groups in total. The molecule has 1 aliphatic heterocycles. The number of rotatable bonds is 12. The van der Waals surface area contributed by atoms with Crippen molar-refractivity contribution >= 4 is 19.4 Å². The van der Waals surface area contributed by atoms with Gasteiger partial charge >= 0.3 is 6.09 Å². The van der Waals surface area contributed by atoms with Crippen molar-refractivity contribution in [2.75, 3.05) is 33.6 Å². The molecule has 0 radical (unpaired) electrons. The number of carbonyl (C=O) groups excluding carboxylic acids is 2. The SMILES string of the molecule is CCOP(C)(=O)n1cnc(-c2ccc(CC(=O)Cc3cccc(CNC(=O)O[C@H]4CCOC4)c3)cc2OC)c1. The Kier molecular flexibility index (Phi) is 9.56. The number of ether oxygens (including phenoxy) is 3. The normalized spacial score (nSPS) is 16.4. The predicted octanol–water partition coefficient (Wildman–Crippen LogP) is 4.64. The molecule has 1 aliphatic rings. The lowest BCUT2D eigenvalue weighted by Crippen LogP contribution is -2.28. The van der Waals surface area contributed by atoms with Crippen LogP contribution in [0.3, 0.4) is 0 Å². The first-order valence-electron chi connectivity index (χ1n) is 12.8. The van der Waals surface area contributed by atoms with E-state index < -0.39 is 13.6 Å². The molecular formula is C28H34N3O7P. The number of alkyl carbamates (subject to hydrolysis) is 1. The molecule has 1 saturated heterocycles. The Morgan fingerprint density at radius 3 is 2.64 bits per heavy atom. The molecule has 0 bridgehead atoms. The van der Waals surface area contributed by atoms with E-state index in [0.717, 1.165) is 22.3 Å². The number of hydrogen-bond donors (Lipinski definition) is 1. The van der Waals surface area contributed by atoms with Gasteiger partial charge in [-0.2, -0.15) is 0 Å². The molecule has 208 valence electrons. The summed E-state index contributed by atoms with van der Waals surface area (Å²) in [6.45, 7) is 5.01. The van der Waals surface area contributed by atoms with Crippen LogP contribution in [0.15, 0.2) is 55.0 Å². The molecule has 0 spiro atoms. The molecule has 39 heavy (non-hydrogen) atoms. The third-order valence-electron chi connectivity index (χ3n) is 6.29. The Bertz CT molecular complexity index is 1350. The number of imidazole rings is 1. The lowest BCUT2D eigenvalue weighted by atomic mass is 9.99. The molecule has 2 heterocycles. The van der Waals surface area contributed by atoms with Gasteiger partial charge in [0.15, 0.2) is 0 Å².